The summed E-state index contributed by atoms with van der Waals surface area (Å²) in [5.41, 5.74) is 2.48. The lowest BCUT2D eigenvalue weighted by Gasteiger charge is -2.18. The van der Waals surface area contributed by atoms with E-state index >= 15 is 0 Å². The first-order chi connectivity index (χ1) is 8.24. The highest BCUT2D eigenvalue weighted by atomic mass is 35.5. The third kappa shape index (κ3) is 2.75. The smallest absolute Gasteiger partial charge is 0.161 e. The quantitative estimate of drug-likeness (QED) is 0.760. The molecular weight excluding hydrogens is 236 g/mol. The fourth-order valence-electron chi connectivity index (χ4n) is 2.15. The standard InChI is InChI=1S/C14H17ClO2/c1-16-13-7-6-11(9-14(13)17-2)10-4-3-5-12(15)8-10/h6-9,12H,3-5H2,1-2H3. The van der Waals surface area contributed by atoms with E-state index < -0.39 is 0 Å². The number of benzene rings is 1. The molecule has 0 N–H and O–H groups in total. The Morgan fingerprint density at radius 2 is 1.94 bits per heavy atom. The molecule has 92 valence electrons. The molecule has 1 aliphatic rings. The van der Waals surface area contributed by atoms with Gasteiger partial charge in [-0.2, -0.15) is 0 Å². The first-order valence-corrected chi connectivity index (χ1v) is 6.25. The zero-order valence-electron chi connectivity index (χ0n) is 10.2. The lowest BCUT2D eigenvalue weighted by molar-refractivity contribution is 0.355. The van der Waals surface area contributed by atoms with Gasteiger partial charge in [0.15, 0.2) is 11.5 Å². The van der Waals surface area contributed by atoms with E-state index in [2.05, 4.69) is 12.1 Å². The normalized spacial score (nSPS) is 19.7. The topological polar surface area (TPSA) is 18.5 Å². The molecule has 0 aromatic heterocycles. The van der Waals surface area contributed by atoms with E-state index in [1.807, 2.05) is 12.1 Å². The van der Waals surface area contributed by atoms with Crippen LogP contribution in [0.15, 0.2) is 24.3 Å². The van der Waals surface area contributed by atoms with Crippen molar-refractivity contribution in [3.63, 3.8) is 0 Å². The van der Waals surface area contributed by atoms with Crippen molar-refractivity contribution in [2.75, 3.05) is 14.2 Å². The minimum atomic E-state index is 0.159. The molecule has 1 atom stereocenters. The minimum absolute atomic E-state index is 0.159. The van der Waals surface area contributed by atoms with Crippen molar-refractivity contribution in [2.45, 2.75) is 24.6 Å². The zero-order valence-corrected chi connectivity index (χ0v) is 11.0. The van der Waals surface area contributed by atoms with Gasteiger partial charge in [0.1, 0.15) is 0 Å². The van der Waals surface area contributed by atoms with Crippen molar-refractivity contribution < 1.29 is 9.47 Å². The maximum absolute atomic E-state index is 6.16. The predicted octanol–water partition coefficient (Wildman–Crippen LogP) is 3.88. The van der Waals surface area contributed by atoms with E-state index in [1.165, 1.54) is 11.1 Å². The number of halogens is 1. The second-order valence-electron chi connectivity index (χ2n) is 4.17. The monoisotopic (exact) mass is 252 g/mol. The van der Waals surface area contributed by atoms with Gasteiger partial charge in [-0.15, -0.1) is 11.6 Å². The van der Waals surface area contributed by atoms with Gasteiger partial charge in [-0.05, 0) is 42.5 Å². The molecule has 0 fully saturated rings. The maximum Gasteiger partial charge on any atom is 0.161 e. The molecule has 2 rings (SSSR count). The molecule has 0 radical (unpaired) electrons. The van der Waals surface area contributed by atoms with Crippen LogP contribution in [0, 0.1) is 0 Å². The Morgan fingerprint density at radius 1 is 1.18 bits per heavy atom. The number of ether oxygens (including phenoxy) is 2. The highest BCUT2D eigenvalue weighted by Gasteiger charge is 2.14. The fraction of sp³-hybridized carbons (Fsp3) is 0.429. The van der Waals surface area contributed by atoms with Gasteiger partial charge in [-0.1, -0.05) is 12.1 Å². The van der Waals surface area contributed by atoms with E-state index in [4.69, 9.17) is 21.1 Å². The molecule has 2 nitrogen and oxygen atoms in total. The maximum atomic E-state index is 6.16. The number of alkyl halides is 1. The molecular formula is C14H17ClO2. The molecule has 17 heavy (non-hydrogen) atoms. The molecule has 0 aliphatic heterocycles. The Kier molecular flexibility index (Phi) is 3.95. The van der Waals surface area contributed by atoms with Gasteiger partial charge < -0.3 is 9.47 Å². The van der Waals surface area contributed by atoms with Crippen LogP contribution in [0.25, 0.3) is 5.57 Å². The van der Waals surface area contributed by atoms with Crippen molar-refractivity contribution in [3.05, 3.63) is 29.8 Å². The van der Waals surface area contributed by atoms with Crippen molar-refractivity contribution in [3.8, 4) is 11.5 Å². The van der Waals surface area contributed by atoms with Crippen molar-refractivity contribution in [1.29, 1.82) is 0 Å². The first-order valence-electron chi connectivity index (χ1n) is 5.81. The van der Waals surface area contributed by atoms with Gasteiger partial charge >= 0.3 is 0 Å². The van der Waals surface area contributed by atoms with Crippen LogP contribution >= 0.6 is 11.6 Å². The fourth-order valence-corrected chi connectivity index (χ4v) is 2.46. The van der Waals surface area contributed by atoms with Crippen LogP contribution in [-0.2, 0) is 0 Å². The van der Waals surface area contributed by atoms with Crippen LogP contribution in [0.1, 0.15) is 24.8 Å². The summed E-state index contributed by atoms with van der Waals surface area (Å²) in [4.78, 5) is 0. The summed E-state index contributed by atoms with van der Waals surface area (Å²) >= 11 is 6.16. The van der Waals surface area contributed by atoms with Crippen molar-refractivity contribution in [2.24, 2.45) is 0 Å². The Labute approximate surface area is 107 Å². The Morgan fingerprint density at radius 3 is 2.59 bits per heavy atom. The molecule has 1 unspecified atom stereocenters. The highest BCUT2D eigenvalue weighted by molar-refractivity contribution is 6.22. The summed E-state index contributed by atoms with van der Waals surface area (Å²) < 4.78 is 10.5. The summed E-state index contributed by atoms with van der Waals surface area (Å²) in [5, 5.41) is 0.159. The lowest BCUT2D eigenvalue weighted by atomic mass is 9.93. The van der Waals surface area contributed by atoms with E-state index in [-0.39, 0.29) is 5.38 Å². The molecule has 3 heteroatoms. The molecule has 0 spiro atoms. The lowest BCUT2D eigenvalue weighted by Crippen LogP contribution is -2.03. The number of allylic oxidation sites excluding steroid dienone is 2. The van der Waals surface area contributed by atoms with Crippen molar-refractivity contribution in [1.82, 2.24) is 0 Å². The van der Waals surface area contributed by atoms with E-state index in [0.29, 0.717) is 0 Å². The first kappa shape index (κ1) is 12.3. The largest absolute Gasteiger partial charge is 0.493 e. The summed E-state index contributed by atoms with van der Waals surface area (Å²) in [5.74, 6) is 1.53. The van der Waals surface area contributed by atoms with Gasteiger partial charge in [-0.3, -0.25) is 0 Å². The summed E-state index contributed by atoms with van der Waals surface area (Å²) in [6, 6.07) is 6.01. The Bertz CT molecular complexity index is 426. The second kappa shape index (κ2) is 5.46. The molecule has 0 saturated heterocycles. The molecule has 1 aliphatic carbocycles. The molecule has 1 aromatic carbocycles. The zero-order chi connectivity index (χ0) is 12.3. The van der Waals surface area contributed by atoms with Gasteiger partial charge in [0.25, 0.3) is 0 Å². The number of hydrogen-bond donors (Lipinski definition) is 0. The summed E-state index contributed by atoms with van der Waals surface area (Å²) in [6.45, 7) is 0. The van der Waals surface area contributed by atoms with Crippen LogP contribution in [0.3, 0.4) is 0 Å². The molecule has 0 heterocycles. The average Bonchev–Trinajstić information content (AvgIpc) is 2.38. The third-order valence-electron chi connectivity index (χ3n) is 3.06. The summed E-state index contributed by atoms with van der Waals surface area (Å²) in [6.07, 6.45) is 5.44. The SMILES string of the molecule is COc1ccc(C2=CC(Cl)CCC2)cc1OC. The second-order valence-corrected chi connectivity index (χ2v) is 4.73. The van der Waals surface area contributed by atoms with Gasteiger partial charge in [0.05, 0.1) is 19.6 Å². The molecule has 1 aromatic rings. The highest BCUT2D eigenvalue weighted by Crippen LogP contribution is 2.34. The Hall–Kier alpha value is -1.15. The molecule has 0 amide bonds. The summed E-state index contributed by atoms with van der Waals surface area (Å²) in [7, 11) is 3.30. The average molecular weight is 253 g/mol. The van der Waals surface area contributed by atoms with E-state index in [1.54, 1.807) is 14.2 Å². The van der Waals surface area contributed by atoms with E-state index in [0.717, 1.165) is 30.8 Å². The molecule has 0 bridgehead atoms. The van der Waals surface area contributed by atoms with Crippen LogP contribution in [0.5, 0.6) is 11.5 Å². The van der Waals surface area contributed by atoms with Gasteiger partial charge in [-0.25, -0.2) is 0 Å². The van der Waals surface area contributed by atoms with Gasteiger partial charge in [0.2, 0.25) is 0 Å². The predicted molar refractivity (Wildman–Crippen MR) is 71.0 cm³/mol. The minimum Gasteiger partial charge on any atom is -0.493 e. The molecule has 0 saturated carbocycles. The van der Waals surface area contributed by atoms with Crippen molar-refractivity contribution >= 4 is 17.2 Å². The van der Waals surface area contributed by atoms with Crippen LogP contribution in [-0.4, -0.2) is 19.6 Å². The third-order valence-corrected chi connectivity index (χ3v) is 3.41. The number of methoxy groups -OCH3 is 2. The van der Waals surface area contributed by atoms with Gasteiger partial charge in [0, 0.05) is 0 Å². The number of hydrogen-bond acceptors (Lipinski definition) is 2. The van der Waals surface area contributed by atoms with Crippen LogP contribution in [0.4, 0.5) is 0 Å². The van der Waals surface area contributed by atoms with E-state index in [9.17, 15) is 0 Å². The van der Waals surface area contributed by atoms with Crippen LogP contribution in [0.2, 0.25) is 0 Å². The Balaban J connectivity index is 2.33. The number of rotatable bonds is 3. The van der Waals surface area contributed by atoms with Crippen LogP contribution < -0.4 is 9.47 Å².